The van der Waals surface area contributed by atoms with Crippen molar-refractivity contribution in [1.82, 2.24) is 0 Å². The smallest absolute Gasteiger partial charge is 0.0146 e. The van der Waals surface area contributed by atoms with E-state index in [1.807, 2.05) is 0 Å². The fraction of sp³-hybridized carbons (Fsp3) is 0.400. The zero-order valence-corrected chi connectivity index (χ0v) is 27.7. The Morgan fingerprint density at radius 2 is 0.600 bits per heavy atom. The van der Waals surface area contributed by atoms with Crippen molar-refractivity contribution in [2.75, 3.05) is 0 Å². The predicted molar refractivity (Wildman–Crippen MR) is 181 cm³/mol. The van der Waals surface area contributed by atoms with E-state index in [-0.39, 0.29) is 5.41 Å². The Hall–Kier alpha value is -3.12. The maximum Gasteiger partial charge on any atom is 0.0146 e. The molecule has 216 valence electrons. The Bertz CT molecular complexity index is 1100. The highest BCUT2D eigenvalue weighted by Crippen LogP contribution is 2.31. The van der Waals surface area contributed by atoms with Gasteiger partial charge in [0, 0.05) is 5.41 Å². The number of aryl methyl sites for hydroxylation is 4. The minimum atomic E-state index is 0.0708. The third-order valence-corrected chi connectivity index (χ3v) is 6.20. The van der Waals surface area contributed by atoms with Crippen molar-refractivity contribution in [3.63, 3.8) is 0 Å². The van der Waals surface area contributed by atoms with Crippen LogP contribution in [0.3, 0.4) is 0 Å². The van der Waals surface area contributed by atoms with E-state index in [9.17, 15) is 0 Å². The van der Waals surface area contributed by atoms with Gasteiger partial charge < -0.3 is 0 Å². The van der Waals surface area contributed by atoms with Gasteiger partial charge in [-0.15, -0.1) is 0 Å². The van der Waals surface area contributed by atoms with E-state index < -0.39 is 0 Å². The average molecular weight is 537 g/mol. The molecule has 0 aliphatic rings. The first-order valence-electron chi connectivity index (χ1n) is 14.9. The summed E-state index contributed by atoms with van der Waals surface area (Å²) in [5.74, 6) is 0. The quantitative estimate of drug-likeness (QED) is 0.243. The molecule has 0 unspecified atom stereocenters. The van der Waals surface area contributed by atoms with Gasteiger partial charge in [-0.25, -0.2) is 0 Å². The maximum atomic E-state index is 2.28. The fourth-order valence-corrected chi connectivity index (χ4v) is 3.75. The summed E-state index contributed by atoms with van der Waals surface area (Å²) >= 11 is 0. The standard InChI is InChI=1S/C17H20.C15H16.C5H12.C3H8/c1-13-5-9-15(10-6-13)17(3,4)16-11-7-14(2)8-12-16;1-12-3-7-14(8-4-12)11-15-9-5-13(2)6-10-15;1-5(2,3)4;1-3-2/h5-12H,1-4H3;3-10H,11H2,1-2H3;1-4H3;3H2,1-2H3. The third-order valence-electron chi connectivity index (χ3n) is 6.20. The van der Waals surface area contributed by atoms with E-state index in [0.29, 0.717) is 5.41 Å². The van der Waals surface area contributed by atoms with Crippen molar-refractivity contribution in [1.29, 1.82) is 0 Å². The fourth-order valence-electron chi connectivity index (χ4n) is 3.75. The molecule has 0 nitrogen and oxygen atoms in total. The molecule has 0 bridgehead atoms. The number of hydrogen-bond donors (Lipinski definition) is 0. The predicted octanol–water partition coefficient (Wildman–Crippen LogP) is 12.0. The van der Waals surface area contributed by atoms with Crippen LogP contribution in [-0.4, -0.2) is 0 Å². The Labute approximate surface area is 247 Å². The summed E-state index contributed by atoms with van der Waals surface area (Å²) in [6.45, 7) is 26.1. The van der Waals surface area contributed by atoms with Gasteiger partial charge in [-0.05, 0) is 61.8 Å². The molecule has 0 N–H and O–H groups in total. The second kappa shape index (κ2) is 16.9. The van der Waals surface area contributed by atoms with Crippen LogP contribution in [0.2, 0.25) is 0 Å². The summed E-state index contributed by atoms with van der Waals surface area (Å²) in [6, 6.07) is 35.2. The number of hydrogen-bond acceptors (Lipinski definition) is 0. The van der Waals surface area contributed by atoms with Crippen LogP contribution in [0.15, 0.2) is 97.1 Å². The molecule has 0 aromatic heterocycles. The largest absolute Gasteiger partial charge is 0.0656 e. The van der Waals surface area contributed by atoms with Crippen LogP contribution in [0.1, 0.15) is 106 Å². The summed E-state index contributed by atoms with van der Waals surface area (Å²) in [6.07, 6.45) is 2.28. The van der Waals surface area contributed by atoms with Crippen LogP contribution in [0.25, 0.3) is 0 Å². The first-order valence-corrected chi connectivity index (χ1v) is 14.9. The van der Waals surface area contributed by atoms with Gasteiger partial charge >= 0.3 is 0 Å². The third kappa shape index (κ3) is 14.3. The molecule has 40 heavy (non-hydrogen) atoms. The SMILES string of the molecule is CC(C)(C)C.CCC.Cc1ccc(C(C)(C)c2ccc(C)cc2)cc1.Cc1ccc(Cc2ccc(C)cc2)cc1. The molecule has 4 aromatic rings. The van der Waals surface area contributed by atoms with Crippen LogP contribution >= 0.6 is 0 Å². The molecule has 0 amide bonds. The molecule has 0 spiro atoms. The van der Waals surface area contributed by atoms with Gasteiger partial charge in [0.1, 0.15) is 0 Å². The molecular formula is C40H56. The summed E-state index contributed by atoms with van der Waals surface area (Å²) in [7, 11) is 0. The van der Waals surface area contributed by atoms with Crippen molar-refractivity contribution >= 4 is 0 Å². The molecule has 4 rings (SSSR count). The minimum Gasteiger partial charge on any atom is -0.0656 e. The first-order chi connectivity index (χ1) is 18.6. The summed E-state index contributed by atoms with van der Waals surface area (Å²) in [5, 5.41) is 0. The van der Waals surface area contributed by atoms with Crippen LogP contribution in [0, 0.1) is 33.1 Å². The molecule has 4 aromatic carbocycles. The lowest BCUT2D eigenvalue weighted by molar-refractivity contribution is 0.469. The van der Waals surface area contributed by atoms with Crippen LogP contribution in [0.4, 0.5) is 0 Å². The van der Waals surface area contributed by atoms with Gasteiger partial charge in [0.2, 0.25) is 0 Å². The van der Waals surface area contributed by atoms with Gasteiger partial charge in [0.15, 0.2) is 0 Å². The number of benzene rings is 4. The molecular weight excluding hydrogens is 480 g/mol. The van der Waals surface area contributed by atoms with E-state index in [4.69, 9.17) is 0 Å². The Kier molecular flexibility index (Phi) is 14.7. The second-order valence-electron chi connectivity index (χ2n) is 13.2. The zero-order chi connectivity index (χ0) is 30.3. The molecule has 0 atom stereocenters. The van der Waals surface area contributed by atoms with Gasteiger partial charge in [-0.3, -0.25) is 0 Å². The highest BCUT2D eigenvalue weighted by Gasteiger charge is 2.22. The highest BCUT2D eigenvalue weighted by molar-refractivity contribution is 5.39. The van der Waals surface area contributed by atoms with Gasteiger partial charge in [-0.2, -0.15) is 0 Å². The average Bonchev–Trinajstić information content (AvgIpc) is 2.87. The normalized spacial score (nSPS) is 10.7. The molecule has 0 heteroatoms. The van der Waals surface area contributed by atoms with E-state index >= 15 is 0 Å². The summed E-state index contributed by atoms with van der Waals surface area (Å²) < 4.78 is 0. The van der Waals surface area contributed by atoms with Crippen LogP contribution in [-0.2, 0) is 11.8 Å². The van der Waals surface area contributed by atoms with Gasteiger partial charge in [-0.1, -0.05) is 181 Å². The van der Waals surface area contributed by atoms with Crippen LogP contribution < -0.4 is 0 Å². The van der Waals surface area contributed by atoms with Crippen molar-refractivity contribution in [3.8, 4) is 0 Å². The number of rotatable bonds is 4. The molecule has 0 fully saturated rings. The van der Waals surface area contributed by atoms with E-state index in [0.717, 1.165) is 6.42 Å². The molecule has 0 saturated heterocycles. The lowest BCUT2D eigenvalue weighted by atomic mass is 9.78. The Balaban J connectivity index is 0.000000318. The topological polar surface area (TPSA) is 0 Å². The van der Waals surface area contributed by atoms with Crippen molar-refractivity contribution in [3.05, 3.63) is 142 Å². The van der Waals surface area contributed by atoms with Crippen molar-refractivity contribution < 1.29 is 0 Å². The summed E-state index contributed by atoms with van der Waals surface area (Å²) in [5.41, 5.74) is 11.3. The lowest BCUT2D eigenvalue weighted by Gasteiger charge is -2.26. The van der Waals surface area contributed by atoms with E-state index in [2.05, 4.69) is 180 Å². The first kappa shape index (κ1) is 34.9. The maximum absolute atomic E-state index is 2.28. The summed E-state index contributed by atoms with van der Waals surface area (Å²) in [4.78, 5) is 0. The zero-order valence-electron chi connectivity index (χ0n) is 27.7. The van der Waals surface area contributed by atoms with Crippen molar-refractivity contribution in [2.24, 2.45) is 5.41 Å². The Morgan fingerprint density at radius 1 is 0.400 bits per heavy atom. The molecule has 0 aliphatic carbocycles. The van der Waals surface area contributed by atoms with E-state index in [1.54, 1.807) is 0 Å². The molecule has 0 aliphatic heterocycles. The lowest BCUT2D eigenvalue weighted by Crippen LogP contribution is -2.18. The van der Waals surface area contributed by atoms with E-state index in [1.165, 1.54) is 50.9 Å². The monoisotopic (exact) mass is 536 g/mol. The molecule has 0 heterocycles. The Morgan fingerprint density at radius 3 is 0.825 bits per heavy atom. The molecule has 0 radical (unpaired) electrons. The second-order valence-corrected chi connectivity index (χ2v) is 13.2. The highest BCUT2D eigenvalue weighted by atomic mass is 14.3. The van der Waals surface area contributed by atoms with Crippen molar-refractivity contribution in [2.45, 2.75) is 101 Å². The van der Waals surface area contributed by atoms with Crippen LogP contribution in [0.5, 0.6) is 0 Å². The molecule has 0 saturated carbocycles. The van der Waals surface area contributed by atoms with Gasteiger partial charge in [0.25, 0.3) is 0 Å². The minimum absolute atomic E-state index is 0.0708. The van der Waals surface area contributed by atoms with Gasteiger partial charge in [0.05, 0.1) is 0 Å².